The van der Waals surface area contributed by atoms with Crippen LogP contribution >= 0.6 is 0 Å². The number of nitrogens with one attached hydrogen (secondary N) is 1. The number of carbonyl (C=O) groups is 1. The molecule has 32 heavy (non-hydrogen) atoms. The fourth-order valence-corrected chi connectivity index (χ4v) is 6.00. The minimum Gasteiger partial charge on any atom is -0.496 e. The molecule has 3 rings (SSSR count). The zero-order chi connectivity index (χ0) is 23.6. The standard InChI is InChI=1S/C25H34N2O4S/c1-16-12-18(3)23(14-17(16)2)20(5)26-25(28)21-8-7-11-27(15-21)32(29,30)22-9-10-24(31-6)19(4)13-22/h9-10,12-14,20-21H,7-8,11,15H2,1-6H3,(H,26,28)/t20-,21+/m0/s1. The van der Waals surface area contributed by atoms with Crippen LogP contribution in [0.4, 0.5) is 0 Å². The van der Waals surface area contributed by atoms with Crippen molar-refractivity contribution < 1.29 is 17.9 Å². The van der Waals surface area contributed by atoms with Crippen molar-refractivity contribution in [2.45, 2.75) is 58.4 Å². The molecule has 2 atom stereocenters. The number of ether oxygens (including phenoxy) is 1. The summed E-state index contributed by atoms with van der Waals surface area (Å²) >= 11 is 0. The Kier molecular flexibility index (Phi) is 7.30. The Labute approximate surface area is 192 Å². The van der Waals surface area contributed by atoms with Crippen LogP contribution < -0.4 is 10.1 Å². The number of hydrogen-bond donors (Lipinski definition) is 1. The minimum absolute atomic E-state index is 0.0964. The van der Waals surface area contributed by atoms with Gasteiger partial charge in [0.05, 0.1) is 24.0 Å². The van der Waals surface area contributed by atoms with Crippen molar-refractivity contribution in [3.05, 3.63) is 58.1 Å². The fourth-order valence-electron chi connectivity index (χ4n) is 4.39. The lowest BCUT2D eigenvalue weighted by Gasteiger charge is -2.32. The smallest absolute Gasteiger partial charge is 0.243 e. The van der Waals surface area contributed by atoms with E-state index < -0.39 is 10.0 Å². The Bertz CT molecular complexity index is 1110. The Morgan fingerprint density at radius 3 is 2.41 bits per heavy atom. The topological polar surface area (TPSA) is 75.7 Å². The summed E-state index contributed by atoms with van der Waals surface area (Å²) in [4.78, 5) is 13.3. The van der Waals surface area contributed by atoms with Crippen LogP contribution in [0.2, 0.25) is 0 Å². The number of rotatable bonds is 6. The van der Waals surface area contributed by atoms with Gasteiger partial charge in [0.2, 0.25) is 15.9 Å². The third kappa shape index (κ3) is 4.99. The summed E-state index contributed by atoms with van der Waals surface area (Å²) in [5, 5.41) is 3.11. The van der Waals surface area contributed by atoms with Crippen LogP contribution in [-0.4, -0.2) is 38.8 Å². The molecule has 2 aromatic rings. The molecule has 1 aliphatic rings. The molecule has 1 amide bonds. The van der Waals surface area contributed by atoms with Crippen molar-refractivity contribution in [2.75, 3.05) is 20.2 Å². The molecule has 1 aliphatic heterocycles. The number of hydrogen-bond acceptors (Lipinski definition) is 4. The van der Waals surface area contributed by atoms with E-state index in [0.29, 0.717) is 25.1 Å². The molecule has 174 valence electrons. The van der Waals surface area contributed by atoms with Crippen molar-refractivity contribution in [1.82, 2.24) is 9.62 Å². The maximum Gasteiger partial charge on any atom is 0.243 e. The highest BCUT2D eigenvalue weighted by atomic mass is 32.2. The summed E-state index contributed by atoms with van der Waals surface area (Å²) in [5.74, 6) is 0.184. The number of nitrogens with zero attached hydrogens (tertiary/aromatic N) is 1. The van der Waals surface area contributed by atoms with Gasteiger partial charge in [-0.2, -0.15) is 4.31 Å². The van der Waals surface area contributed by atoms with Crippen molar-refractivity contribution >= 4 is 15.9 Å². The van der Waals surface area contributed by atoms with E-state index in [4.69, 9.17) is 4.74 Å². The van der Waals surface area contributed by atoms with Crippen LogP contribution in [0.5, 0.6) is 5.75 Å². The molecule has 0 aliphatic carbocycles. The van der Waals surface area contributed by atoms with E-state index in [1.54, 1.807) is 25.3 Å². The molecule has 1 heterocycles. The maximum absolute atomic E-state index is 13.2. The van der Waals surface area contributed by atoms with E-state index in [0.717, 1.165) is 16.7 Å². The number of sulfonamides is 1. The van der Waals surface area contributed by atoms with Crippen LogP contribution in [0.1, 0.15) is 53.6 Å². The summed E-state index contributed by atoms with van der Waals surface area (Å²) < 4.78 is 33.1. The van der Waals surface area contributed by atoms with E-state index >= 15 is 0 Å². The van der Waals surface area contributed by atoms with Gasteiger partial charge in [0.25, 0.3) is 0 Å². The summed E-state index contributed by atoms with van der Waals surface area (Å²) in [5.41, 5.74) is 5.42. The number of amides is 1. The Hall–Kier alpha value is -2.38. The van der Waals surface area contributed by atoms with Crippen LogP contribution in [0.15, 0.2) is 35.2 Å². The Balaban J connectivity index is 1.73. The molecular weight excluding hydrogens is 424 g/mol. The zero-order valence-corrected chi connectivity index (χ0v) is 20.7. The molecule has 1 N–H and O–H groups in total. The van der Waals surface area contributed by atoms with E-state index in [1.807, 2.05) is 13.8 Å². The highest BCUT2D eigenvalue weighted by molar-refractivity contribution is 7.89. The van der Waals surface area contributed by atoms with E-state index in [9.17, 15) is 13.2 Å². The van der Waals surface area contributed by atoms with Gasteiger partial charge in [0.15, 0.2) is 0 Å². The molecule has 0 spiro atoms. The largest absolute Gasteiger partial charge is 0.496 e. The monoisotopic (exact) mass is 458 g/mol. The van der Waals surface area contributed by atoms with Crippen molar-refractivity contribution in [2.24, 2.45) is 5.92 Å². The first-order chi connectivity index (χ1) is 15.0. The van der Waals surface area contributed by atoms with Gasteiger partial charge in [0.1, 0.15) is 5.75 Å². The molecule has 0 unspecified atom stereocenters. The number of methoxy groups -OCH3 is 1. The average molecular weight is 459 g/mol. The molecule has 0 aromatic heterocycles. The van der Waals surface area contributed by atoms with E-state index in [2.05, 4.69) is 38.2 Å². The maximum atomic E-state index is 13.2. The first kappa shape index (κ1) is 24.3. The van der Waals surface area contributed by atoms with Gasteiger partial charge < -0.3 is 10.1 Å². The minimum atomic E-state index is -3.68. The molecular formula is C25H34N2O4S. The summed E-state index contributed by atoms with van der Waals surface area (Å²) in [6.07, 6.45) is 1.33. The summed E-state index contributed by atoms with van der Waals surface area (Å²) in [7, 11) is -2.12. The fraction of sp³-hybridized carbons (Fsp3) is 0.480. The molecule has 0 radical (unpaired) electrons. The predicted octanol–water partition coefficient (Wildman–Crippen LogP) is 4.21. The van der Waals surface area contributed by atoms with Gasteiger partial charge in [-0.1, -0.05) is 12.1 Å². The average Bonchev–Trinajstić information content (AvgIpc) is 2.76. The molecule has 0 saturated carbocycles. The second kappa shape index (κ2) is 9.63. The molecule has 1 fully saturated rings. The van der Waals surface area contributed by atoms with Crippen LogP contribution in [-0.2, 0) is 14.8 Å². The van der Waals surface area contributed by atoms with Gasteiger partial charge in [-0.15, -0.1) is 0 Å². The van der Waals surface area contributed by atoms with Gasteiger partial charge in [-0.25, -0.2) is 8.42 Å². The van der Waals surface area contributed by atoms with Crippen LogP contribution in [0.25, 0.3) is 0 Å². The van der Waals surface area contributed by atoms with E-state index in [-0.39, 0.29) is 29.3 Å². The highest BCUT2D eigenvalue weighted by Crippen LogP contribution is 2.28. The second-order valence-corrected chi connectivity index (χ2v) is 10.8. The van der Waals surface area contributed by atoms with Crippen molar-refractivity contribution in [3.63, 3.8) is 0 Å². The SMILES string of the molecule is COc1ccc(S(=O)(=O)N2CCC[C@@H](C(=O)N[C@@H](C)c3cc(C)c(C)cc3C)C2)cc1C. The lowest BCUT2D eigenvalue weighted by atomic mass is 9.95. The first-order valence-electron chi connectivity index (χ1n) is 11.1. The van der Waals surface area contributed by atoms with Crippen molar-refractivity contribution in [3.8, 4) is 5.75 Å². The molecule has 6 nitrogen and oxygen atoms in total. The molecule has 2 aromatic carbocycles. The third-order valence-corrected chi connectivity index (χ3v) is 8.33. The lowest BCUT2D eigenvalue weighted by molar-refractivity contribution is -0.126. The zero-order valence-electron chi connectivity index (χ0n) is 19.9. The number of aryl methyl sites for hydroxylation is 4. The quantitative estimate of drug-likeness (QED) is 0.704. The first-order valence-corrected chi connectivity index (χ1v) is 12.5. The normalized spacial score (nSPS) is 18.2. The number of carbonyl (C=O) groups excluding carboxylic acids is 1. The Morgan fingerprint density at radius 2 is 1.75 bits per heavy atom. The predicted molar refractivity (Wildman–Crippen MR) is 126 cm³/mol. The molecule has 7 heteroatoms. The summed E-state index contributed by atoms with van der Waals surface area (Å²) in [6.45, 7) is 10.6. The van der Waals surface area contributed by atoms with Gasteiger partial charge >= 0.3 is 0 Å². The van der Waals surface area contributed by atoms with Crippen LogP contribution in [0, 0.1) is 33.6 Å². The summed E-state index contributed by atoms with van der Waals surface area (Å²) in [6, 6.07) is 8.98. The van der Waals surface area contributed by atoms with Gasteiger partial charge in [-0.05, 0) is 93.5 Å². The van der Waals surface area contributed by atoms with Crippen LogP contribution in [0.3, 0.4) is 0 Å². The third-order valence-electron chi connectivity index (χ3n) is 6.47. The second-order valence-electron chi connectivity index (χ2n) is 8.86. The molecule has 0 bridgehead atoms. The number of benzene rings is 2. The highest BCUT2D eigenvalue weighted by Gasteiger charge is 2.34. The van der Waals surface area contributed by atoms with E-state index in [1.165, 1.54) is 15.4 Å². The van der Waals surface area contributed by atoms with Gasteiger partial charge in [0, 0.05) is 13.1 Å². The van der Waals surface area contributed by atoms with Gasteiger partial charge in [-0.3, -0.25) is 4.79 Å². The Morgan fingerprint density at radius 1 is 1.06 bits per heavy atom. The lowest BCUT2D eigenvalue weighted by Crippen LogP contribution is -2.45. The number of piperidine rings is 1. The molecule has 1 saturated heterocycles. The van der Waals surface area contributed by atoms with Crippen molar-refractivity contribution in [1.29, 1.82) is 0 Å².